The molecular weight excluding hydrogens is 226 g/mol. The lowest BCUT2D eigenvalue weighted by Gasteiger charge is -2.15. The topological polar surface area (TPSA) is 20.2 Å². The van der Waals surface area contributed by atoms with E-state index in [4.69, 9.17) is 5.11 Å². The molecule has 7 heteroatoms. The summed E-state index contributed by atoms with van der Waals surface area (Å²) in [5, 5.41) is 8.60. The normalized spacial score (nSPS) is 14.1. The van der Waals surface area contributed by atoms with Crippen LogP contribution in [-0.2, 0) is 0 Å². The van der Waals surface area contributed by atoms with E-state index in [2.05, 4.69) is 0 Å². The Morgan fingerprint density at radius 1 is 0.933 bits per heavy atom. The predicted octanol–water partition coefficient (Wildman–Crippen LogP) is 2.70. The van der Waals surface area contributed by atoms with Crippen molar-refractivity contribution in [2.24, 2.45) is 0 Å². The lowest BCUT2D eigenvalue weighted by molar-refractivity contribution is -0.207. The molecule has 0 aromatic heterocycles. The van der Waals surface area contributed by atoms with Crippen LogP contribution in [0.4, 0.5) is 26.3 Å². The van der Waals surface area contributed by atoms with Crippen LogP contribution in [0.1, 0.15) is 11.7 Å². The van der Waals surface area contributed by atoms with Crippen LogP contribution < -0.4 is 0 Å². The fourth-order valence-corrected chi connectivity index (χ4v) is 0.924. The van der Waals surface area contributed by atoms with E-state index in [9.17, 15) is 26.3 Å². The van der Waals surface area contributed by atoms with Crippen LogP contribution >= 0.6 is 0 Å². The van der Waals surface area contributed by atoms with Crippen LogP contribution in [0.3, 0.4) is 0 Å². The third-order valence-corrected chi connectivity index (χ3v) is 1.64. The van der Waals surface area contributed by atoms with E-state index in [-0.39, 0.29) is 12.1 Å². The molecule has 0 saturated carbocycles. The first kappa shape index (κ1) is 11.8. The monoisotopic (exact) mass is 230 g/mol. The zero-order chi connectivity index (χ0) is 11.8. The van der Waals surface area contributed by atoms with Gasteiger partial charge >= 0.3 is 6.18 Å². The van der Waals surface area contributed by atoms with Gasteiger partial charge in [-0.25, -0.2) is 13.2 Å². The molecule has 0 amide bonds. The molecule has 1 aromatic carbocycles. The van der Waals surface area contributed by atoms with Crippen molar-refractivity contribution in [3.05, 3.63) is 35.1 Å². The summed E-state index contributed by atoms with van der Waals surface area (Å²) in [6, 6.07) is -0.0809. The van der Waals surface area contributed by atoms with Crippen LogP contribution in [0, 0.1) is 17.5 Å². The molecule has 0 bridgehead atoms. The molecule has 0 radical (unpaired) electrons. The number of hydrogen-bond acceptors (Lipinski definition) is 1. The molecule has 1 aromatic rings. The number of hydrogen-bond donors (Lipinski definition) is 1. The Balaban J connectivity index is 3.21. The van der Waals surface area contributed by atoms with Gasteiger partial charge in [-0.05, 0) is 6.07 Å². The summed E-state index contributed by atoms with van der Waals surface area (Å²) in [6.07, 6.45) is -8.31. The summed E-state index contributed by atoms with van der Waals surface area (Å²) in [4.78, 5) is 0. The molecule has 1 N–H and O–H groups in total. The summed E-state index contributed by atoms with van der Waals surface area (Å²) in [5.74, 6) is -4.93. The van der Waals surface area contributed by atoms with Gasteiger partial charge in [0.25, 0.3) is 0 Å². The highest BCUT2D eigenvalue weighted by Gasteiger charge is 2.41. The largest absolute Gasteiger partial charge is 0.418 e. The predicted molar refractivity (Wildman–Crippen MR) is 37.3 cm³/mol. The highest BCUT2D eigenvalue weighted by atomic mass is 19.4. The minimum Gasteiger partial charge on any atom is -0.379 e. The highest BCUT2D eigenvalue weighted by Crippen LogP contribution is 2.34. The number of alkyl halides is 3. The number of halogens is 6. The Labute approximate surface area is 79.9 Å². The van der Waals surface area contributed by atoms with E-state index < -0.39 is 35.3 Å². The Bertz CT molecular complexity index is 372. The average Bonchev–Trinajstić information content (AvgIpc) is 2.08. The molecule has 1 atom stereocenters. The Kier molecular flexibility index (Phi) is 2.94. The zero-order valence-electron chi connectivity index (χ0n) is 6.95. The van der Waals surface area contributed by atoms with Crippen molar-refractivity contribution in [1.29, 1.82) is 0 Å². The van der Waals surface area contributed by atoms with Gasteiger partial charge in [-0.3, -0.25) is 0 Å². The van der Waals surface area contributed by atoms with Crippen molar-refractivity contribution < 1.29 is 31.4 Å². The SMILES string of the molecule is O[C@H](c1cc(F)c(F)cc1F)C(F)(F)F. The molecule has 0 spiro atoms. The lowest BCUT2D eigenvalue weighted by Crippen LogP contribution is -2.21. The summed E-state index contributed by atoms with van der Waals surface area (Å²) >= 11 is 0. The van der Waals surface area contributed by atoms with Crippen molar-refractivity contribution in [3.63, 3.8) is 0 Å². The molecule has 0 heterocycles. The number of rotatable bonds is 1. The quantitative estimate of drug-likeness (QED) is 0.580. The van der Waals surface area contributed by atoms with E-state index >= 15 is 0 Å². The van der Waals surface area contributed by atoms with Gasteiger partial charge in [-0.15, -0.1) is 0 Å². The van der Waals surface area contributed by atoms with E-state index in [0.29, 0.717) is 0 Å². The van der Waals surface area contributed by atoms with Gasteiger partial charge in [0.05, 0.1) is 0 Å². The first-order valence-corrected chi connectivity index (χ1v) is 3.62. The lowest BCUT2D eigenvalue weighted by atomic mass is 10.1. The number of aliphatic hydroxyl groups excluding tert-OH is 1. The smallest absolute Gasteiger partial charge is 0.379 e. The van der Waals surface area contributed by atoms with Crippen LogP contribution in [0.5, 0.6) is 0 Å². The summed E-state index contributed by atoms with van der Waals surface area (Å²) < 4.78 is 73.3. The van der Waals surface area contributed by atoms with Crippen molar-refractivity contribution in [3.8, 4) is 0 Å². The second-order valence-electron chi connectivity index (χ2n) is 2.73. The third-order valence-electron chi connectivity index (χ3n) is 1.64. The fraction of sp³-hybridized carbons (Fsp3) is 0.250. The minimum atomic E-state index is -5.13. The van der Waals surface area contributed by atoms with Gasteiger partial charge in [0, 0.05) is 11.6 Å². The van der Waals surface area contributed by atoms with E-state index in [0.717, 1.165) is 0 Å². The van der Waals surface area contributed by atoms with Crippen LogP contribution in [0.2, 0.25) is 0 Å². The molecule has 0 aliphatic rings. The average molecular weight is 230 g/mol. The molecule has 0 aliphatic carbocycles. The van der Waals surface area contributed by atoms with Gasteiger partial charge in [-0.1, -0.05) is 0 Å². The maximum absolute atomic E-state index is 12.7. The molecule has 0 aliphatic heterocycles. The van der Waals surface area contributed by atoms with Gasteiger partial charge in [-0.2, -0.15) is 13.2 Å². The van der Waals surface area contributed by atoms with Crippen LogP contribution in [0.15, 0.2) is 12.1 Å². The fourth-order valence-electron chi connectivity index (χ4n) is 0.924. The van der Waals surface area contributed by atoms with Gasteiger partial charge < -0.3 is 5.11 Å². The number of aliphatic hydroxyl groups is 1. The van der Waals surface area contributed by atoms with Crippen molar-refractivity contribution in [2.75, 3.05) is 0 Å². The first-order chi connectivity index (χ1) is 6.73. The molecular formula is C8H4F6O. The Morgan fingerprint density at radius 2 is 1.40 bits per heavy atom. The Hall–Kier alpha value is -1.24. The van der Waals surface area contributed by atoms with Gasteiger partial charge in [0.2, 0.25) is 0 Å². The highest BCUT2D eigenvalue weighted by molar-refractivity contribution is 5.23. The summed E-state index contributed by atoms with van der Waals surface area (Å²) in [7, 11) is 0. The Morgan fingerprint density at radius 3 is 1.87 bits per heavy atom. The third kappa shape index (κ3) is 2.41. The molecule has 15 heavy (non-hydrogen) atoms. The molecule has 1 nitrogen and oxygen atoms in total. The van der Waals surface area contributed by atoms with Gasteiger partial charge in [0.1, 0.15) is 5.82 Å². The van der Waals surface area contributed by atoms with Crippen LogP contribution in [0.25, 0.3) is 0 Å². The summed E-state index contributed by atoms with van der Waals surface area (Å²) in [6.45, 7) is 0. The summed E-state index contributed by atoms with van der Waals surface area (Å²) in [5.41, 5.74) is -1.35. The maximum Gasteiger partial charge on any atom is 0.418 e. The van der Waals surface area contributed by atoms with E-state index in [1.165, 1.54) is 0 Å². The molecule has 0 fully saturated rings. The standard InChI is InChI=1S/C8H4F6O/c9-4-2-6(11)5(10)1-3(4)7(15)8(12,13)14/h1-2,7,15H/t7-/m1/s1. The molecule has 0 saturated heterocycles. The minimum absolute atomic E-state index is 0.0250. The van der Waals surface area contributed by atoms with Crippen molar-refractivity contribution in [1.82, 2.24) is 0 Å². The van der Waals surface area contributed by atoms with Crippen molar-refractivity contribution in [2.45, 2.75) is 12.3 Å². The number of benzene rings is 1. The van der Waals surface area contributed by atoms with E-state index in [1.807, 2.05) is 0 Å². The second-order valence-corrected chi connectivity index (χ2v) is 2.73. The first-order valence-electron chi connectivity index (χ1n) is 3.62. The molecule has 0 unspecified atom stereocenters. The second kappa shape index (κ2) is 3.73. The molecule has 1 rings (SSSR count). The van der Waals surface area contributed by atoms with E-state index in [1.54, 1.807) is 0 Å². The van der Waals surface area contributed by atoms with Gasteiger partial charge in [0.15, 0.2) is 17.7 Å². The van der Waals surface area contributed by atoms with Crippen LogP contribution in [-0.4, -0.2) is 11.3 Å². The molecule has 84 valence electrons. The van der Waals surface area contributed by atoms with Crippen molar-refractivity contribution >= 4 is 0 Å². The zero-order valence-corrected chi connectivity index (χ0v) is 6.95. The maximum atomic E-state index is 12.7.